The zero-order valence-corrected chi connectivity index (χ0v) is 9.98. The fourth-order valence-electron chi connectivity index (χ4n) is 1.89. The van der Waals surface area contributed by atoms with E-state index in [1.807, 2.05) is 0 Å². The van der Waals surface area contributed by atoms with E-state index in [0.717, 1.165) is 18.6 Å². The molecule has 0 saturated heterocycles. The molecule has 0 spiro atoms. The first-order chi connectivity index (χ1) is 7.11. The Hall–Kier alpha value is -1.42. The maximum absolute atomic E-state index is 5.33. The Morgan fingerprint density at radius 3 is 2.47 bits per heavy atom. The second kappa shape index (κ2) is 4.89. The molecule has 1 rings (SSSR count). The third-order valence-electron chi connectivity index (χ3n) is 2.95. The minimum atomic E-state index is 0.799. The van der Waals surface area contributed by atoms with Crippen molar-refractivity contribution in [1.82, 2.24) is 0 Å². The molecule has 0 aliphatic rings. The minimum Gasteiger partial charge on any atom is -0.496 e. The molecule has 0 aromatic heterocycles. The molecular weight excluding hydrogens is 184 g/mol. The van der Waals surface area contributed by atoms with Gasteiger partial charge in [-0.15, -0.1) is 12.3 Å². The van der Waals surface area contributed by atoms with Gasteiger partial charge in [0.25, 0.3) is 0 Å². The third-order valence-corrected chi connectivity index (χ3v) is 2.95. The van der Waals surface area contributed by atoms with E-state index >= 15 is 0 Å². The molecule has 0 heterocycles. The van der Waals surface area contributed by atoms with Crippen molar-refractivity contribution in [3.63, 3.8) is 0 Å². The molecule has 0 amide bonds. The summed E-state index contributed by atoms with van der Waals surface area (Å²) in [6, 6.07) is 2.09. The van der Waals surface area contributed by atoms with Gasteiger partial charge in [0.2, 0.25) is 0 Å². The average Bonchev–Trinajstić information content (AvgIpc) is 2.23. The fraction of sp³-hybridized carbons (Fsp3) is 0.429. The van der Waals surface area contributed by atoms with Gasteiger partial charge in [0.15, 0.2) is 0 Å². The number of benzene rings is 1. The maximum atomic E-state index is 5.33. The molecule has 1 heteroatoms. The number of rotatable bonds is 3. The molecule has 0 fully saturated rings. The molecule has 0 saturated carbocycles. The topological polar surface area (TPSA) is 9.23 Å². The summed E-state index contributed by atoms with van der Waals surface area (Å²) in [5, 5.41) is 0. The van der Waals surface area contributed by atoms with Gasteiger partial charge in [-0.05, 0) is 55.5 Å². The Bertz CT molecular complexity index is 397. The van der Waals surface area contributed by atoms with Gasteiger partial charge < -0.3 is 4.74 Å². The lowest BCUT2D eigenvalue weighted by Crippen LogP contribution is -1.99. The van der Waals surface area contributed by atoms with E-state index in [0.29, 0.717) is 0 Å². The standard InChI is InChI=1S/C14H18O/c1-6-7-8-13-10(2)9-14(15-5)12(4)11(13)3/h1,9H,7-8H2,2-5H3. The van der Waals surface area contributed by atoms with Crippen LogP contribution in [-0.2, 0) is 6.42 Å². The number of hydrogen-bond donors (Lipinski definition) is 0. The molecule has 0 aliphatic heterocycles. The molecule has 1 nitrogen and oxygen atoms in total. The average molecular weight is 202 g/mol. The molecule has 0 atom stereocenters. The van der Waals surface area contributed by atoms with Crippen LogP contribution < -0.4 is 4.74 Å². The van der Waals surface area contributed by atoms with Crippen LogP contribution in [0.5, 0.6) is 5.75 Å². The summed E-state index contributed by atoms with van der Waals surface area (Å²) in [7, 11) is 1.71. The Balaban J connectivity index is 3.18. The lowest BCUT2D eigenvalue weighted by atomic mass is 9.94. The summed E-state index contributed by atoms with van der Waals surface area (Å²) in [6.07, 6.45) is 7.05. The van der Waals surface area contributed by atoms with Gasteiger partial charge in [-0.2, -0.15) is 0 Å². The van der Waals surface area contributed by atoms with Crippen molar-refractivity contribution in [1.29, 1.82) is 0 Å². The van der Waals surface area contributed by atoms with Gasteiger partial charge in [0.05, 0.1) is 7.11 Å². The number of ether oxygens (including phenoxy) is 1. The van der Waals surface area contributed by atoms with Crippen LogP contribution in [0.4, 0.5) is 0 Å². The van der Waals surface area contributed by atoms with E-state index < -0.39 is 0 Å². The minimum absolute atomic E-state index is 0.799. The van der Waals surface area contributed by atoms with E-state index in [2.05, 4.69) is 32.8 Å². The number of aryl methyl sites for hydroxylation is 1. The Kier molecular flexibility index (Phi) is 3.80. The highest BCUT2D eigenvalue weighted by atomic mass is 16.5. The predicted octanol–water partition coefficient (Wildman–Crippen LogP) is 3.19. The van der Waals surface area contributed by atoms with Gasteiger partial charge in [-0.25, -0.2) is 0 Å². The van der Waals surface area contributed by atoms with Crippen LogP contribution in [0.2, 0.25) is 0 Å². The highest BCUT2D eigenvalue weighted by Crippen LogP contribution is 2.28. The number of hydrogen-bond acceptors (Lipinski definition) is 1. The van der Waals surface area contributed by atoms with E-state index in [4.69, 9.17) is 11.2 Å². The van der Waals surface area contributed by atoms with Crippen molar-refractivity contribution in [3.05, 3.63) is 28.3 Å². The summed E-state index contributed by atoms with van der Waals surface area (Å²) in [6.45, 7) is 6.34. The first kappa shape index (κ1) is 11.7. The maximum Gasteiger partial charge on any atom is 0.122 e. The van der Waals surface area contributed by atoms with Crippen LogP contribution in [0.25, 0.3) is 0 Å². The Morgan fingerprint density at radius 2 is 1.93 bits per heavy atom. The number of terminal acetylenes is 1. The lowest BCUT2D eigenvalue weighted by molar-refractivity contribution is 0.410. The monoisotopic (exact) mass is 202 g/mol. The van der Waals surface area contributed by atoms with Gasteiger partial charge >= 0.3 is 0 Å². The first-order valence-corrected chi connectivity index (χ1v) is 5.19. The normalized spacial score (nSPS) is 9.80. The molecule has 0 N–H and O–H groups in total. The molecule has 0 bridgehead atoms. The number of methoxy groups -OCH3 is 1. The highest BCUT2D eigenvalue weighted by Gasteiger charge is 2.09. The summed E-state index contributed by atoms with van der Waals surface area (Å²) < 4.78 is 5.33. The summed E-state index contributed by atoms with van der Waals surface area (Å²) >= 11 is 0. The zero-order valence-electron chi connectivity index (χ0n) is 9.98. The highest BCUT2D eigenvalue weighted by molar-refractivity contribution is 5.48. The van der Waals surface area contributed by atoms with Crippen LogP contribution in [0.1, 0.15) is 28.7 Å². The Morgan fingerprint density at radius 1 is 1.27 bits per heavy atom. The van der Waals surface area contributed by atoms with Gasteiger partial charge in [0.1, 0.15) is 5.75 Å². The van der Waals surface area contributed by atoms with Gasteiger partial charge in [-0.1, -0.05) is 0 Å². The quantitative estimate of drug-likeness (QED) is 0.684. The van der Waals surface area contributed by atoms with E-state index in [9.17, 15) is 0 Å². The molecule has 1 aromatic carbocycles. The smallest absolute Gasteiger partial charge is 0.122 e. The molecule has 15 heavy (non-hydrogen) atoms. The van der Waals surface area contributed by atoms with Crippen LogP contribution in [0.3, 0.4) is 0 Å². The van der Waals surface area contributed by atoms with Crippen LogP contribution in [0, 0.1) is 33.1 Å². The summed E-state index contributed by atoms with van der Waals surface area (Å²) in [5.74, 6) is 3.65. The Labute approximate surface area is 92.5 Å². The zero-order chi connectivity index (χ0) is 11.4. The molecule has 0 unspecified atom stereocenters. The van der Waals surface area contributed by atoms with Crippen LogP contribution in [-0.4, -0.2) is 7.11 Å². The molecule has 80 valence electrons. The van der Waals surface area contributed by atoms with E-state index in [1.54, 1.807) is 7.11 Å². The SMILES string of the molecule is C#CCCc1c(C)cc(OC)c(C)c1C. The molecule has 0 aliphatic carbocycles. The van der Waals surface area contributed by atoms with E-state index in [1.165, 1.54) is 22.3 Å². The summed E-state index contributed by atoms with van der Waals surface area (Å²) in [5.41, 5.74) is 5.16. The van der Waals surface area contributed by atoms with Crippen molar-refractivity contribution < 1.29 is 4.74 Å². The van der Waals surface area contributed by atoms with Crippen molar-refractivity contribution >= 4 is 0 Å². The molecule has 0 radical (unpaired) electrons. The predicted molar refractivity (Wildman–Crippen MR) is 64.4 cm³/mol. The van der Waals surface area contributed by atoms with Crippen molar-refractivity contribution in [2.45, 2.75) is 33.6 Å². The molecule has 1 aromatic rings. The van der Waals surface area contributed by atoms with Crippen LogP contribution in [0.15, 0.2) is 6.07 Å². The lowest BCUT2D eigenvalue weighted by Gasteiger charge is -2.15. The van der Waals surface area contributed by atoms with Crippen molar-refractivity contribution in [2.75, 3.05) is 7.11 Å². The van der Waals surface area contributed by atoms with E-state index in [-0.39, 0.29) is 0 Å². The van der Waals surface area contributed by atoms with Gasteiger partial charge in [-0.3, -0.25) is 0 Å². The van der Waals surface area contributed by atoms with Crippen molar-refractivity contribution in [3.8, 4) is 18.1 Å². The third kappa shape index (κ3) is 2.33. The fourth-order valence-corrected chi connectivity index (χ4v) is 1.89. The van der Waals surface area contributed by atoms with Gasteiger partial charge in [0, 0.05) is 6.42 Å². The second-order valence-corrected chi connectivity index (χ2v) is 3.83. The second-order valence-electron chi connectivity index (χ2n) is 3.83. The largest absolute Gasteiger partial charge is 0.496 e. The summed E-state index contributed by atoms with van der Waals surface area (Å²) in [4.78, 5) is 0. The first-order valence-electron chi connectivity index (χ1n) is 5.19. The van der Waals surface area contributed by atoms with Crippen LogP contribution >= 0.6 is 0 Å². The van der Waals surface area contributed by atoms with Crippen molar-refractivity contribution in [2.24, 2.45) is 0 Å². The molecular formula is C14H18O.